The van der Waals surface area contributed by atoms with Gasteiger partial charge < -0.3 is 5.32 Å². The van der Waals surface area contributed by atoms with Gasteiger partial charge in [0.05, 0.1) is 4.90 Å². The molecule has 1 amide bonds. The van der Waals surface area contributed by atoms with Crippen LogP contribution in [0.25, 0.3) is 0 Å². The van der Waals surface area contributed by atoms with Gasteiger partial charge in [-0.05, 0) is 75.7 Å². The third-order valence-electron chi connectivity index (χ3n) is 7.67. The van der Waals surface area contributed by atoms with Gasteiger partial charge >= 0.3 is 0 Å². The fraction of sp³-hybridized carbons (Fsp3) is 0.480. The first-order valence-electron chi connectivity index (χ1n) is 11.1. The van der Waals surface area contributed by atoms with Crippen LogP contribution in [0.15, 0.2) is 57.9 Å². The predicted molar refractivity (Wildman–Crippen MR) is 130 cm³/mol. The topological polar surface area (TPSA) is 66.5 Å². The van der Waals surface area contributed by atoms with Crippen molar-refractivity contribution in [2.45, 2.75) is 57.5 Å². The normalized spacial score (nSPS) is 26.4. The highest BCUT2D eigenvalue weighted by Gasteiger charge is 2.59. The van der Waals surface area contributed by atoms with Gasteiger partial charge in [-0.3, -0.25) is 4.79 Å². The zero-order chi connectivity index (χ0) is 23.3. The summed E-state index contributed by atoms with van der Waals surface area (Å²) in [6.45, 7) is 7.00. The van der Waals surface area contributed by atoms with Crippen LogP contribution in [0.4, 0.5) is 0 Å². The van der Waals surface area contributed by atoms with Gasteiger partial charge in [0.2, 0.25) is 10.0 Å². The van der Waals surface area contributed by atoms with Gasteiger partial charge in [-0.25, -0.2) is 8.42 Å². The van der Waals surface area contributed by atoms with Gasteiger partial charge in [0.1, 0.15) is 0 Å². The number of nitrogens with one attached hydrogen (secondary N) is 1. The molecule has 0 heterocycles. The molecule has 2 bridgehead atoms. The summed E-state index contributed by atoms with van der Waals surface area (Å²) in [6, 6.07) is 14.3. The Hall–Kier alpha value is -1.70. The van der Waals surface area contributed by atoms with Crippen molar-refractivity contribution in [3.8, 4) is 0 Å². The number of fused-ring (bicyclic) bond motifs is 2. The van der Waals surface area contributed by atoms with E-state index in [1.165, 1.54) is 16.8 Å². The van der Waals surface area contributed by atoms with E-state index in [1.807, 2.05) is 30.3 Å². The molecule has 0 saturated heterocycles. The maximum atomic E-state index is 13.3. The second-order valence-electron chi connectivity index (χ2n) is 10.2. The maximum absolute atomic E-state index is 13.3. The summed E-state index contributed by atoms with van der Waals surface area (Å²) >= 11 is 3.37. The van der Waals surface area contributed by atoms with Crippen LogP contribution in [0.2, 0.25) is 0 Å². The zero-order valence-corrected chi connectivity index (χ0v) is 21.5. The van der Waals surface area contributed by atoms with E-state index in [0.29, 0.717) is 16.0 Å². The number of halogens is 1. The molecule has 3 atom stereocenters. The SMILES string of the molecule is CN(Cc1ccccc1)S(=O)(=O)c1cc(C(=O)NC2C3(C)CCC(C3)C2(C)C)ccc1Br. The summed E-state index contributed by atoms with van der Waals surface area (Å²) in [4.78, 5) is 13.3. The lowest BCUT2D eigenvalue weighted by Gasteiger charge is -2.43. The van der Waals surface area contributed by atoms with Gasteiger partial charge in [-0.1, -0.05) is 51.1 Å². The number of sulfonamides is 1. The standard InChI is InChI=1S/C25H31BrN2O3S/c1-24(2)19-12-13-25(3,15-19)23(24)27-22(29)18-10-11-20(26)21(14-18)32(30,31)28(4)16-17-8-6-5-7-9-17/h5-11,14,19,23H,12-13,15-16H2,1-4H3,(H,27,29). The number of hydrogen-bond donors (Lipinski definition) is 1. The van der Waals surface area contributed by atoms with Crippen LogP contribution in [0, 0.1) is 16.7 Å². The molecule has 0 spiro atoms. The molecular weight excluding hydrogens is 488 g/mol. The Morgan fingerprint density at radius 1 is 1.16 bits per heavy atom. The number of rotatable bonds is 6. The molecule has 4 rings (SSSR count). The Balaban J connectivity index is 1.58. The van der Waals surface area contributed by atoms with Gasteiger partial charge in [0.25, 0.3) is 5.91 Å². The third-order valence-corrected chi connectivity index (χ3v) is 10.5. The summed E-state index contributed by atoms with van der Waals surface area (Å²) in [5.41, 5.74) is 1.39. The van der Waals surface area contributed by atoms with Gasteiger partial charge in [-0.2, -0.15) is 4.31 Å². The van der Waals surface area contributed by atoms with Crippen molar-refractivity contribution in [2.24, 2.45) is 16.7 Å². The van der Waals surface area contributed by atoms with E-state index in [2.05, 4.69) is 42.0 Å². The van der Waals surface area contributed by atoms with Gasteiger partial charge in [0, 0.05) is 29.7 Å². The number of benzene rings is 2. The summed E-state index contributed by atoms with van der Waals surface area (Å²) in [5, 5.41) is 3.26. The minimum atomic E-state index is -3.79. The highest BCUT2D eigenvalue weighted by atomic mass is 79.9. The van der Waals surface area contributed by atoms with Crippen molar-refractivity contribution in [3.05, 3.63) is 64.1 Å². The molecule has 32 heavy (non-hydrogen) atoms. The van der Waals surface area contributed by atoms with Crippen molar-refractivity contribution >= 4 is 31.9 Å². The van der Waals surface area contributed by atoms with Crippen LogP contribution < -0.4 is 5.32 Å². The van der Waals surface area contributed by atoms with Crippen molar-refractivity contribution in [1.29, 1.82) is 0 Å². The fourth-order valence-electron chi connectivity index (χ4n) is 5.81. The van der Waals surface area contributed by atoms with Crippen LogP contribution in [0.5, 0.6) is 0 Å². The average Bonchev–Trinajstić information content (AvgIpc) is 3.23. The molecule has 2 aliphatic carbocycles. The van der Waals surface area contributed by atoms with Crippen LogP contribution in [0.3, 0.4) is 0 Å². The molecule has 1 N–H and O–H groups in total. The van der Waals surface area contributed by atoms with Crippen molar-refractivity contribution in [3.63, 3.8) is 0 Å². The molecule has 2 aliphatic rings. The third kappa shape index (κ3) is 4.03. The minimum Gasteiger partial charge on any atom is -0.348 e. The summed E-state index contributed by atoms with van der Waals surface area (Å²) in [6.07, 6.45) is 3.47. The lowest BCUT2D eigenvalue weighted by Crippen LogP contribution is -2.52. The van der Waals surface area contributed by atoms with E-state index in [4.69, 9.17) is 0 Å². The predicted octanol–water partition coefficient (Wildman–Crippen LogP) is 5.21. The lowest BCUT2D eigenvalue weighted by atomic mass is 9.68. The molecular formula is C25H31BrN2O3S. The van der Waals surface area contributed by atoms with Crippen LogP contribution in [-0.4, -0.2) is 31.7 Å². The first-order chi connectivity index (χ1) is 14.9. The molecule has 0 aromatic heterocycles. The van der Waals surface area contributed by atoms with E-state index in [-0.39, 0.29) is 34.2 Å². The summed E-state index contributed by atoms with van der Waals surface area (Å²) in [5.74, 6) is 0.400. The second-order valence-corrected chi connectivity index (χ2v) is 13.1. The average molecular weight is 520 g/mol. The van der Waals surface area contributed by atoms with E-state index in [9.17, 15) is 13.2 Å². The molecule has 2 saturated carbocycles. The highest BCUT2D eigenvalue weighted by molar-refractivity contribution is 9.10. The number of nitrogens with zero attached hydrogens (tertiary/aromatic N) is 1. The van der Waals surface area contributed by atoms with E-state index in [0.717, 1.165) is 18.4 Å². The molecule has 0 radical (unpaired) electrons. The number of amides is 1. The monoisotopic (exact) mass is 518 g/mol. The van der Waals surface area contributed by atoms with Crippen molar-refractivity contribution in [1.82, 2.24) is 9.62 Å². The van der Waals surface area contributed by atoms with Gasteiger partial charge in [-0.15, -0.1) is 0 Å². The highest BCUT2D eigenvalue weighted by Crippen LogP contribution is 2.62. The lowest BCUT2D eigenvalue weighted by molar-refractivity contribution is 0.0737. The Labute approximate surface area is 199 Å². The molecule has 2 aromatic carbocycles. The Morgan fingerprint density at radius 2 is 1.84 bits per heavy atom. The second kappa shape index (κ2) is 8.26. The number of carbonyl (C=O) groups excluding carboxylic acids is 1. The molecule has 3 unspecified atom stereocenters. The van der Waals surface area contributed by atoms with Crippen molar-refractivity contribution < 1.29 is 13.2 Å². The van der Waals surface area contributed by atoms with Crippen LogP contribution >= 0.6 is 15.9 Å². The largest absolute Gasteiger partial charge is 0.348 e. The Bertz CT molecular complexity index is 1130. The molecule has 2 fully saturated rings. The fourth-order valence-corrected chi connectivity index (χ4v) is 7.92. The molecule has 172 valence electrons. The van der Waals surface area contributed by atoms with Gasteiger partial charge in [0.15, 0.2) is 0 Å². The Morgan fingerprint density at radius 3 is 2.47 bits per heavy atom. The minimum absolute atomic E-state index is 0.0306. The molecule has 2 aromatic rings. The van der Waals surface area contributed by atoms with E-state index in [1.54, 1.807) is 19.2 Å². The summed E-state index contributed by atoms with van der Waals surface area (Å²) in [7, 11) is -2.23. The molecule has 7 heteroatoms. The first-order valence-corrected chi connectivity index (χ1v) is 13.3. The quantitative estimate of drug-likeness (QED) is 0.570. The maximum Gasteiger partial charge on any atom is 0.251 e. The van der Waals surface area contributed by atoms with Crippen LogP contribution in [0.1, 0.15) is 56.0 Å². The van der Waals surface area contributed by atoms with E-state index >= 15 is 0 Å². The summed E-state index contributed by atoms with van der Waals surface area (Å²) < 4.78 is 28.4. The Kier molecular flexibility index (Phi) is 6.06. The zero-order valence-electron chi connectivity index (χ0n) is 19.1. The van der Waals surface area contributed by atoms with E-state index < -0.39 is 10.0 Å². The van der Waals surface area contributed by atoms with Crippen molar-refractivity contribution in [2.75, 3.05) is 7.05 Å². The number of hydrogen-bond acceptors (Lipinski definition) is 3. The molecule has 5 nitrogen and oxygen atoms in total. The smallest absolute Gasteiger partial charge is 0.251 e. The van der Waals surface area contributed by atoms with Crippen LogP contribution in [-0.2, 0) is 16.6 Å². The number of carbonyl (C=O) groups is 1. The molecule has 0 aliphatic heterocycles. The first kappa shape index (κ1) is 23.5.